The van der Waals surface area contributed by atoms with E-state index < -0.39 is 62.6 Å². The molecule has 0 aliphatic rings. The minimum atomic E-state index is -5.13. The lowest BCUT2D eigenvalue weighted by Gasteiger charge is -2.31. The second kappa shape index (κ2) is 9.80. The second-order valence-electron chi connectivity index (χ2n) is 8.15. The van der Waals surface area contributed by atoms with Crippen molar-refractivity contribution in [2.24, 2.45) is 5.73 Å². The van der Waals surface area contributed by atoms with Crippen LogP contribution in [0.1, 0.15) is 18.4 Å². The van der Waals surface area contributed by atoms with Crippen molar-refractivity contribution < 1.29 is 36.8 Å². The van der Waals surface area contributed by atoms with Crippen LogP contribution in [-0.4, -0.2) is 44.1 Å². The van der Waals surface area contributed by atoms with Gasteiger partial charge in [-0.15, -0.1) is 0 Å². The van der Waals surface area contributed by atoms with Gasteiger partial charge in [0.1, 0.15) is 11.6 Å². The summed E-state index contributed by atoms with van der Waals surface area (Å²) >= 11 is 0. The van der Waals surface area contributed by atoms with Crippen LogP contribution in [0.3, 0.4) is 0 Å². The Hall–Kier alpha value is -3.22. The summed E-state index contributed by atoms with van der Waals surface area (Å²) in [5.74, 6) is -2.69. The minimum Gasteiger partial charge on any atom is -0.480 e. The Balaban J connectivity index is 1.84. The summed E-state index contributed by atoms with van der Waals surface area (Å²) < 4.78 is 67.0. The van der Waals surface area contributed by atoms with E-state index in [2.05, 4.69) is 0 Å². The van der Waals surface area contributed by atoms with Crippen molar-refractivity contribution in [3.8, 4) is 11.1 Å². The lowest BCUT2D eigenvalue weighted by Crippen LogP contribution is -2.44. The zero-order chi connectivity index (χ0) is 26.0. The number of aliphatic carboxylic acids is 1. The molecule has 35 heavy (non-hydrogen) atoms. The number of carboxylic acids is 1. The van der Waals surface area contributed by atoms with Gasteiger partial charge in [-0.3, -0.25) is 9.57 Å². The lowest BCUT2D eigenvalue weighted by molar-refractivity contribution is -0.267. The van der Waals surface area contributed by atoms with Crippen LogP contribution in [0.15, 0.2) is 63.8 Å². The molecule has 0 aliphatic heterocycles. The molecular weight excluding hydrogens is 489 g/mol. The molecule has 0 bridgehead atoms. The summed E-state index contributed by atoms with van der Waals surface area (Å²) in [7, 11) is -3.63. The molecule has 0 aliphatic carbocycles. The van der Waals surface area contributed by atoms with E-state index in [4.69, 9.17) is 20.0 Å². The van der Waals surface area contributed by atoms with Crippen molar-refractivity contribution in [1.82, 2.24) is 0 Å². The third kappa shape index (κ3) is 6.08. The van der Waals surface area contributed by atoms with Crippen LogP contribution >= 0.6 is 0 Å². The molecule has 2 aromatic carbocycles. The van der Waals surface area contributed by atoms with E-state index in [9.17, 15) is 32.1 Å². The zero-order valence-electron chi connectivity index (χ0n) is 18.2. The number of carboxylic acid groups (broad SMARTS) is 1. The Bertz CT molecular complexity index is 1390. The van der Waals surface area contributed by atoms with E-state index in [1.54, 1.807) is 24.3 Å². The highest BCUT2D eigenvalue weighted by Crippen LogP contribution is 2.42. The average molecular weight is 513 g/mol. The third-order valence-electron chi connectivity index (χ3n) is 5.66. The predicted molar refractivity (Wildman–Crippen MR) is 123 cm³/mol. The number of alkyl halides is 3. The number of carbonyl (C=O) groups is 1. The highest BCUT2D eigenvalue weighted by molar-refractivity contribution is 7.92. The molecule has 3 aromatic rings. The van der Waals surface area contributed by atoms with Crippen LogP contribution in [0.2, 0.25) is 0 Å². The normalized spacial score (nSPS) is 16.4. The van der Waals surface area contributed by atoms with Crippen molar-refractivity contribution in [2.75, 3.05) is 11.5 Å². The topological polar surface area (TPSA) is 155 Å². The molecule has 0 fully saturated rings. The van der Waals surface area contributed by atoms with E-state index >= 15 is 0 Å². The van der Waals surface area contributed by atoms with Crippen LogP contribution in [-0.2, 0) is 20.1 Å². The standard InChI is InChI=1S/C23H23F3N2O6S/c24-23(25,26)22(32,10-12-35(28,33)11-9-18(27)21(30)31)17-6-3-14(4-7-17)16-2-1-15-5-8-20(29)34-19(15)13-16/h1-8,13,18,28,32H,9-12,27H2,(H,30,31)/t18-,22?,35?/m0/s1. The first-order valence-electron chi connectivity index (χ1n) is 10.4. The van der Waals surface area contributed by atoms with Crippen molar-refractivity contribution in [3.63, 3.8) is 0 Å². The maximum Gasteiger partial charge on any atom is 0.421 e. The number of benzene rings is 2. The van der Waals surface area contributed by atoms with Gasteiger partial charge in [0.25, 0.3) is 0 Å². The summed E-state index contributed by atoms with van der Waals surface area (Å²) in [6.07, 6.45) is -6.53. The Kier molecular flexibility index (Phi) is 7.39. The first-order chi connectivity index (χ1) is 16.2. The third-order valence-corrected chi connectivity index (χ3v) is 7.42. The van der Waals surface area contributed by atoms with Crippen molar-refractivity contribution in [1.29, 1.82) is 4.78 Å². The number of hydrogen-bond donors (Lipinski definition) is 4. The van der Waals surface area contributed by atoms with Crippen molar-refractivity contribution in [3.05, 3.63) is 70.6 Å². The molecule has 3 rings (SSSR count). The molecule has 0 spiro atoms. The summed E-state index contributed by atoms with van der Waals surface area (Å²) in [5, 5.41) is 20.0. The van der Waals surface area contributed by atoms with Gasteiger partial charge in [0.15, 0.2) is 5.60 Å². The second-order valence-corrected chi connectivity index (χ2v) is 10.6. The van der Waals surface area contributed by atoms with E-state index in [-0.39, 0.29) is 6.42 Å². The van der Waals surface area contributed by atoms with Crippen LogP contribution in [0, 0.1) is 4.78 Å². The highest BCUT2D eigenvalue weighted by atomic mass is 32.2. The molecule has 1 aromatic heterocycles. The molecule has 3 atom stereocenters. The Labute approximate surface area is 198 Å². The predicted octanol–water partition coefficient (Wildman–Crippen LogP) is 3.45. The monoisotopic (exact) mass is 512 g/mol. The Morgan fingerprint density at radius 2 is 1.66 bits per heavy atom. The summed E-state index contributed by atoms with van der Waals surface area (Å²) in [6, 6.07) is 11.3. The molecular formula is C23H23F3N2O6S. The summed E-state index contributed by atoms with van der Waals surface area (Å²) in [6.45, 7) is 0. The quantitative estimate of drug-likeness (QED) is 0.320. The van der Waals surface area contributed by atoms with Crippen LogP contribution in [0.25, 0.3) is 22.1 Å². The number of fused-ring (bicyclic) bond motifs is 1. The number of rotatable bonds is 9. The molecule has 1 heterocycles. The molecule has 5 N–H and O–H groups in total. The fraction of sp³-hybridized carbons (Fsp3) is 0.304. The molecule has 188 valence electrons. The number of halogens is 3. The first-order valence-corrected chi connectivity index (χ1v) is 12.3. The fourth-order valence-electron chi connectivity index (χ4n) is 3.48. The van der Waals surface area contributed by atoms with Gasteiger partial charge in [0.05, 0.1) is 0 Å². The number of nitrogens with two attached hydrogens (primary N) is 1. The van der Waals surface area contributed by atoms with Crippen LogP contribution in [0.5, 0.6) is 0 Å². The Morgan fingerprint density at radius 1 is 1.06 bits per heavy atom. The number of nitrogens with one attached hydrogen (secondary N) is 1. The van der Waals surface area contributed by atoms with Gasteiger partial charge in [-0.25, -0.2) is 9.00 Å². The van der Waals surface area contributed by atoms with Gasteiger partial charge in [-0.2, -0.15) is 13.2 Å². The van der Waals surface area contributed by atoms with E-state index in [1.165, 1.54) is 18.2 Å². The molecule has 0 saturated carbocycles. The molecule has 8 nitrogen and oxygen atoms in total. The van der Waals surface area contributed by atoms with E-state index in [0.29, 0.717) is 22.1 Å². The van der Waals surface area contributed by atoms with Gasteiger partial charge in [-0.1, -0.05) is 36.4 Å². The van der Waals surface area contributed by atoms with E-state index in [0.717, 1.165) is 12.1 Å². The number of aliphatic hydroxyl groups is 1. The summed E-state index contributed by atoms with van der Waals surface area (Å²) in [4.78, 5) is 22.2. The SMILES string of the molecule is N=S(=O)(CC[C@H](N)C(=O)O)CCC(O)(c1ccc(-c2ccc3ccc(=O)oc3c2)cc1)C(F)(F)F. The Morgan fingerprint density at radius 3 is 2.26 bits per heavy atom. The van der Waals surface area contributed by atoms with E-state index in [1.807, 2.05) is 0 Å². The van der Waals surface area contributed by atoms with Crippen molar-refractivity contribution in [2.45, 2.75) is 30.7 Å². The van der Waals surface area contributed by atoms with Gasteiger partial charge >= 0.3 is 17.8 Å². The van der Waals surface area contributed by atoms with Gasteiger partial charge in [0, 0.05) is 39.1 Å². The first kappa shape index (κ1) is 26.4. The van der Waals surface area contributed by atoms with Crippen LogP contribution < -0.4 is 11.4 Å². The molecule has 12 heteroatoms. The molecule has 0 radical (unpaired) electrons. The zero-order valence-corrected chi connectivity index (χ0v) is 19.1. The lowest BCUT2D eigenvalue weighted by atomic mass is 9.89. The smallest absolute Gasteiger partial charge is 0.421 e. The van der Waals surface area contributed by atoms with Crippen LogP contribution in [0.4, 0.5) is 13.2 Å². The number of hydrogen-bond acceptors (Lipinski definition) is 7. The maximum atomic E-state index is 13.9. The molecule has 0 amide bonds. The summed E-state index contributed by atoms with van der Waals surface area (Å²) in [5.41, 5.74) is 2.26. The van der Waals surface area contributed by atoms with Gasteiger partial charge < -0.3 is 20.4 Å². The molecule has 0 saturated heterocycles. The highest BCUT2D eigenvalue weighted by Gasteiger charge is 2.54. The largest absolute Gasteiger partial charge is 0.480 e. The van der Waals surface area contributed by atoms with Crippen molar-refractivity contribution >= 4 is 26.7 Å². The fourth-order valence-corrected chi connectivity index (χ4v) is 4.95. The maximum absolute atomic E-state index is 13.9. The van der Waals surface area contributed by atoms with Gasteiger partial charge in [0.2, 0.25) is 0 Å². The molecule has 2 unspecified atom stereocenters. The average Bonchev–Trinajstić information content (AvgIpc) is 2.80. The van der Waals surface area contributed by atoms with Gasteiger partial charge in [-0.05, 0) is 35.2 Å². The minimum absolute atomic E-state index is 0.304.